The predicted octanol–water partition coefficient (Wildman–Crippen LogP) is 3.06. The molecular weight excluding hydrogens is 378 g/mol. The first kappa shape index (κ1) is 19.8. The van der Waals surface area contributed by atoms with E-state index >= 15 is 0 Å². The zero-order valence-electron chi connectivity index (χ0n) is 17.2. The maximum Gasteiger partial charge on any atom is 0.227 e. The maximum absolute atomic E-state index is 12.8. The fraction of sp³-hybridized carbons (Fsp3) is 0.304. The molecule has 0 aliphatic carbocycles. The van der Waals surface area contributed by atoms with Crippen molar-refractivity contribution in [1.29, 1.82) is 0 Å². The Morgan fingerprint density at radius 3 is 2.47 bits per heavy atom. The molecule has 0 bridgehead atoms. The van der Waals surface area contributed by atoms with Crippen molar-refractivity contribution in [3.63, 3.8) is 0 Å². The number of rotatable bonds is 6. The Hall–Kier alpha value is -3.48. The Kier molecular flexibility index (Phi) is 5.61. The minimum atomic E-state index is -0.347. The van der Waals surface area contributed by atoms with Gasteiger partial charge in [0.1, 0.15) is 12.7 Å². The molecule has 2 aromatic carbocycles. The zero-order valence-corrected chi connectivity index (χ0v) is 17.2. The van der Waals surface area contributed by atoms with Crippen LogP contribution in [0.1, 0.15) is 37.4 Å². The number of carbonyl (C=O) groups is 2. The molecule has 3 aromatic rings. The summed E-state index contributed by atoms with van der Waals surface area (Å²) in [6.45, 7) is 4.45. The first-order valence-corrected chi connectivity index (χ1v) is 10.2. The van der Waals surface area contributed by atoms with Gasteiger partial charge in [-0.25, -0.2) is 9.67 Å². The van der Waals surface area contributed by atoms with Crippen LogP contribution in [0.25, 0.3) is 5.69 Å². The van der Waals surface area contributed by atoms with Crippen LogP contribution in [-0.2, 0) is 16.0 Å². The summed E-state index contributed by atoms with van der Waals surface area (Å²) < 4.78 is 1.68. The molecule has 1 aromatic heterocycles. The number of amides is 2. The van der Waals surface area contributed by atoms with Crippen molar-refractivity contribution >= 4 is 17.5 Å². The molecule has 4 rings (SSSR count). The van der Waals surface area contributed by atoms with Crippen LogP contribution in [0.15, 0.2) is 61.2 Å². The number of anilines is 1. The van der Waals surface area contributed by atoms with Crippen LogP contribution in [0.3, 0.4) is 0 Å². The van der Waals surface area contributed by atoms with E-state index in [1.54, 1.807) is 15.9 Å². The number of aromatic nitrogens is 3. The Balaban J connectivity index is 1.38. The SMILES string of the molecule is CCc1ccc(N2CC(C(=O)NC(C)c3ccc(-n4cncn4)cc3)CC2=O)cc1. The van der Waals surface area contributed by atoms with Crippen LogP contribution < -0.4 is 10.2 Å². The Bertz CT molecular complexity index is 1010. The minimum absolute atomic E-state index is 0.00997. The quantitative estimate of drug-likeness (QED) is 0.686. The summed E-state index contributed by atoms with van der Waals surface area (Å²) in [5.41, 5.74) is 3.97. The predicted molar refractivity (Wildman–Crippen MR) is 114 cm³/mol. The molecule has 30 heavy (non-hydrogen) atoms. The van der Waals surface area contributed by atoms with Crippen molar-refractivity contribution in [2.24, 2.45) is 5.92 Å². The average molecular weight is 403 g/mol. The summed E-state index contributed by atoms with van der Waals surface area (Å²) in [4.78, 5) is 30.9. The standard InChI is InChI=1S/C23H25N5O2/c1-3-17-4-8-20(9-5-17)27-13-19(12-22(27)29)23(30)26-16(2)18-6-10-21(11-7-18)28-15-24-14-25-28/h4-11,14-16,19H,3,12-13H2,1-2H3,(H,26,30). The molecule has 2 amide bonds. The van der Waals surface area contributed by atoms with Gasteiger partial charge in [0.2, 0.25) is 11.8 Å². The second-order valence-corrected chi connectivity index (χ2v) is 7.59. The molecule has 7 nitrogen and oxygen atoms in total. The van der Waals surface area contributed by atoms with Gasteiger partial charge in [0.05, 0.1) is 17.6 Å². The van der Waals surface area contributed by atoms with E-state index in [2.05, 4.69) is 22.3 Å². The van der Waals surface area contributed by atoms with E-state index in [0.717, 1.165) is 23.4 Å². The summed E-state index contributed by atoms with van der Waals surface area (Å²) in [7, 11) is 0. The van der Waals surface area contributed by atoms with Crippen LogP contribution in [0.5, 0.6) is 0 Å². The summed E-state index contributed by atoms with van der Waals surface area (Å²) in [6, 6.07) is 15.6. The number of hydrogen-bond acceptors (Lipinski definition) is 4. The van der Waals surface area contributed by atoms with Crippen LogP contribution in [-0.4, -0.2) is 33.1 Å². The number of carbonyl (C=O) groups excluding carboxylic acids is 2. The van der Waals surface area contributed by atoms with Crippen LogP contribution in [0.2, 0.25) is 0 Å². The molecule has 2 heterocycles. The normalized spacial score (nSPS) is 17.2. The lowest BCUT2D eigenvalue weighted by Crippen LogP contribution is -2.34. The molecule has 2 unspecified atom stereocenters. The smallest absolute Gasteiger partial charge is 0.227 e. The topological polar surface area (TPSA) is 80.1 Å². The van der Waals surface area contributed by atoms with E-state index < -0.39 is 0 Å². The lowest BCUT2D eigenvalue weighted by molar-refractivity contribution is -0.126. The molecule has 154 valence electrons. The van der Waals surface area contributed by atoms with Gasteiger partial charge in [0, 0.05) is 18.7 Å². The van der Waals surface area contributed by atoms with Crippen molar-refractivity contribution < 1.29 is 9.59 Å². The van der Waals surface area contributed by atoms with E-state index in [9.17, 15) is 9.59 Å². The van der Waals surface area contributed by atoms with E-state index in [-0.39, 0.29) is 30.2 Å². The zero-order chi connectivity index (χ0) is 21.1. The monoisotopic (exact) mass is 403 g/mol. The summed E-state index contributed by atoms with van der Waals surface area (Å²) >= 11 is 0. The third-order valence-electron chi connectivity index (χ3n) is 5.59. The number of nitrogens with zero attached hydrogens (tertiary/aromatic N) is 4. The summed E-state index contributed by atoms with van der Waals surface area (Å²) in [5.74, 6) is -0.451. The van der Waals surface area contributed by atoms with E-state index in [0.29, 0.717) is 6.54 Å². The van der Waals surface area contributed by atoms with Gasteiger partial charge in [0.15, 0.2) is 0 Å². The first-order valence-electron chi connectivity index (χ1n) is 10.2. The average Bonchev–Trinajstić information content (AvgIpc) is 3.44. The van der Waals surface area contributed by atoms with Crippen molar-refractivity contribution in [2.45, 2.75) is 32.7 Å². The third kappa shape index (κ3) is 4.10. The fourth-order valence-electron chi connectivity index (χ4n) is 3.72. The Morgan fingerprint density at radius 2 is 1.83 bits per heavy atom. The third-order valence-corrected chi connectivity index (χ3v) is 5.59. The van der Waals surface area contributed by atoms with Gasteiger partial charge in [-0.05, 0) is 48.7 Å². The highest BCUT2D eigenvalue weighted by Crippen LogP contribution is 2.26. The molecule has 0 radical (unpaired) electrons. The van der Waals surface area contributed by atoms with E-state index in [1.165, 1.54) is 11.9 Å². The second-order valence-electron chi connectivity index (χ2n) is 7.59. The van der Waals surface area contributed by atoms with Crippen LogP contribution in [0, 0.1) is 5.92 Å². The minimum Gasteiger partial charge on any atom is -0.349 e. The molecule has 1 N–H and O–H groups in total. The highest BCUT2D eigenvalue weighted by Gasteiger charge is 2.35. The lowest BCUT2D eigenvalue weighted by Gasteiger charge is -2.19. The summed E-state index contributed by atoms with van der Waals surface area (Å²) in [5, 5.41) is 7.16. The molecule has 1 saturated heterocycles. The van der Waals surface area contributed by atoms with Gasteiger partial charge in [-0.1, -0.05) is 31.2 Å². The van der Waals surface area contributed by atoms with Gasteiger partial charge >= 0.3 is 0 Å². The highest BCUT2D eigenvalue weighted by atomic mass is 16.2. The van der Waals surface area contributed by atoms with Gasteiger partial charge in [-0.2, -0.15) is 5.10 Å². The lowest BCUT2D eigenvalue weighted by atomic mass is 10.0. The molecular formula is C23H25N5O2. The first-order chi connectivity index (χ1) is 14.5. The Morgan fingerprint density at radius 1 is 1.13 bits per heavy atom. The van der Waals surface area contributed by atoms with Gasteiger partial charge < -0.3 is 10.2 Å². The number of hydrogen-bond donors (Lipinski definition) is 1. The van der Waals surface area contributed by atoms with Crippen LogP contribution in [0.4, 0.5) is 5.69 Å². The number of aryl methyl sites for hydroxylation is 1. The van der Waals surface area contributed by atoms with Gasteiger partial charge in [-0.3, -0.25) is 9.59 Å². The second kappa shape index (κ2) is 8.49. The molecule has 1 aliphatic heterocycles. The number of nitrogens with one attached hydrogen (secondary N) is 1. The van der Waals surface area contributed by atoms with Crippen molar-refractivity contribution in [3.8, 4) is 5.69 Å². The molecule has 1 fully saturated rings. The highest BCUT2D eigenvalue weighted by molar-refractivity contribution is 6.00. The largest absolute Gasteiger partial charge is 0.349 e. The Labute approximate surface area is 175 Å². The summed E-state index contributed by atoms with van der Waals surface area (Å²) in [6.07, 6.45) is 4.32. The fourth-order valence-corrected chi connectivity index (χ4v) is 3.72. The molecule has 2 atom stereocenters. The molecule has 0 spiro atoms. The molecule has 7 heteroatoms. The molecule has 0 saturated carbocycles. The number of benzene rings is 2. The van der Waals surface area contributed by atoms with E-state index in [1.807, 2.05) is 55.5 Å². The van der Waals surface area contributed by atoms with Crippen molar-refractivity contribution in [3.05, 3.63) is 72.3 Å². The molecule has 1 aliphatic rings. The van der Waals surface area contributed by atoms with Gasteiger partial charge in [0.25, 0.3) is 0 Å². The van der Waals surface area contributed by atoms with Crippen LogP contribution >= 0.6 is 0 Å². The van der Waals surface area contributed by atoms with Gasteiger partial charge in [-0.15, -0.1) is 0 Å². The van der Waals surface area contributed by atoms with Crippen molar-refractivity contribution in [1.82, 2.24) is 20.1 Å². The maximum atomic E-state index is 12.8. The van der Waals surface area contributed by atoms with Crippen molar-refractivity contribution in [2.75, 3.05) is 11.4 Å². The van der Waals surface area contributed by atoms with E-state index in [4.69, 9.17) is 0 Å².